The van der Waals surface area contributed by atoms with Crippen molar-refractivity contribution < 1.29 is 25.8 Å². The molecule has 0 atom stereocenters. The van der Waals surface area contributed by atoms with Gasteiger partial charge in [-0.1, -0.05) is 82.0 Å². The van der Waals surface area contributed by atoms with Crippen molar-refractivity contribution >= 4 is 41.0 Å². The zero-order valence-corrected chi connectivity index (χ0v) is 29.4. The fourth-order valence-electron chi connectivity index (χ4n) is 5.46. The van der Waals surface area contributed by atoms with E-state index >= 15 is 0 Å². The quantitative estimate of drug-likeness (QED) is 0.130. The van der Waals surface area contributed by atoms with Gasteiger partial charge in [0.05, 0.1) is 16.6 Å². The molecule has 7 aromatic rings. The zero-order chi connectivity index (χ0) is 30.6. The Balaban J connectivity index is 0.00000357. The summed E-state index contributed by atoms with van der Waals surface area (Å²) >= 11 is 0. The minimum atomic E-state index is -1.74. The van der Waals surface area contributed by atoms with E-state index in [4.69, 9.17) is 14.7 Å². The fraction of sp³-hybridized carbons (Fsp3) is 0.189. The van der Waals surface area contributed by atoms with Crippen LogP contribution in [0.15, 0.2) is 91.4 Å². The van der Waals surface area contributed by atoms with Crippen molar-refractivity contribution in [3.8, 4) is 34.0 Å². The van der Waals surface area contributed by atoms with Crippen molar-refractivity contribution in [1.29, 1.82) is 0 Å². The Labute approximate surface area is 278 Å². The topological polar surface area (TPSA) is 65.2 Å². The first kappa shape index (κ1) is 30.8. The molecule has 0 saturated carbocycles. The maximum absolute atomic E-state index is 6.54. The maximum atomic E-state index is 6.54. The van der Waals surface area contributed by atoms with Gasteiger partial charge in [-0.3, -0.25) is 4.40 Å². The summed E-state index contributed by atoms with van der Waals surface area (Å²) in [5.74, 6) is 2.00. The summed E-state index contributed by atoms with van der Waals surface area (Å²) in [6.07, 6.45) is 5.49. The number of nitrogens with zero attached hydrogens (tertiary/aromatic N) is 5. The van der Waals surface area contributed by atoms with Crippen LogP contribution < -0.4 is 9.92 Å². The normalized spacial score (nSPS) is 12.0. The van der Waals surface area contributed by atoms with E-state index in [2.05, 4.69) is 103 Å². The summed E-state index contributed by atoms with van der Waals surface area (Å²) in [6.45, 7) is 13.6. The van der Waals surface area contributed by atoms with Crippen LogP contribution in [-0.4, -0.2) is 32.4 Å². The molecule has 0 radical (unpaired) electrons. The smallest absolute Gasteiger partial charge is 0.496 e. The second kappa shape index (κ2) is 11.6. The minimum Gasteiger partial charge on any atom is -0.496 e. The van der Waals surface area contributed by atoms with Crippen LogP contribution in [0.3, 0.4) is 0 Å². The maximum Gasteiger partial charge on any atom is 2.00 e. The van der Waals surface area contributed by atoms with Gasteiger partial charge in [-0.15, -0.1) is 41.5 Å². The van der Waals surface area contributed by atoms with Gasteiger partial charge in [0.2, 0.25) is 5.78 Å². The standard InChI is InChI=1S/C37H33N5OSi.Pt/c1-37(2,3)27-14-15-32-31(20-27)41-36-40-23-26-22-39-30(21-33(26)42(32)36)24-10-9-11-28(18-24)43-34-19-25(29-12-7-8-17-38-29)13-16-35(34)44(4,5)6;/h7-17,20-23H,1-6H3;/q-2;+2. The number of hydrogen-bond acceptors (Lipinski definition) is 5. The molecule has 45 heavy (non-hydrogen) atoms. The van der Waals surface area contributed by atoms with Crippen LogP contribution in [0.25, 0.3) is 50.2 Å². The predicted octanol–water partition coefficient (Wildman–Crippen LogP) is 8.39. The van der Waals surface area contributed by atoms with Crippen LogP contribution in [-0.2, 0) is 26.5 Å². The van der Waals surface area contributed by atoms with Gasteiger partial charge >= 0.3 is 21.1 Å². The second-order valence-electron chi connectivity index (χ2n) is 13.2. The van der Waals surface area contributed by atoms with Gasteiger partial charge in [0.15, 0.2) is 0 Å². The van der Waals surface area contributed by atoms with Gasteiger partial charge in [0.1, 0.15) is 0 Å². The van der Waals surface area contributed by atoms with Crippen LogP contribution in [0.1, 0.15) is 26.3 Å². The second-order valence-corrected chi connectivity index (χ2v) is 18.2. The molecule has 4 aromatic heterocycles. The van der Waals surface area contributed by atoms with E-state index in [1.807, 2.05) is 48.8 Å². The Morgan fingerprint density at radius 2 is 1.56 bits per heavy atom. The molecular weight excluding hydrogens is 754 g/mol. The Kier molecular flexibility index (Phi) is 7.96. The van der Waals surface area contributed by atoms with Crippen LogP contribution >= 0.6 is 0 Å². The Bertz CT molecular complexity index is 2180. The average molecular weight is 787 g/mol. The third kappa shape index (κ3) is 5.95. The molecule has 0 bridgehead atoms. The largest absolute Gasteiger partial charge is 2.00 e. The van der Waals surface area contributed by atoms with Gasteiger partial charge in [-0.25, -0.2) is 9.97 Å². The predicted molar refractivity (Wildman–Crippen MR) is 180 cm³/mol. The van der Waals surface area contributed by atoms with Crippen molar-refractivity contribution in [3.05, 3.63) is 109 Å². The number of aromatic nitrogens is 5. The summed E-state index contributed by atoms with van der Waals surface area (Å²) in [7, 11) is -1.74. The van der Waals surface area contributed by atoms with E-state index in [9.17, 15) is 0 Å². The van der Waals surface area contributed by atoms with Gasteiger partial charge in [0.25, 0.3) is 0 Å². The molecule has 4 heterocycles. The first-order valence-electron chi connectivity index (χ1n) is 14.8. The molecular formula is C37H33N5OPtSi. The van der Waals surface area contributed by atoms with Gasteiger partial charge in [0, 0.05) is 43.5 Å². The molecule has 0 aliphatic heterocycles. The van der Waals surface area contributed by atoms with Gasteiger partial charge < -0.3 is 14.7 Å². The fourth-order valence-corrected chi connectivity index (χ4v) is 6.84. The van der Waals surface area contributed by atoms with E-state index in [0.717, 1.165) is 50.2 Å². The summed E-state index contributed by atoms with van der Waals surface area (Å²) < 4.78 is 8.66. The molecule has 0 amide bonds. The number of pyridine rings is 2. The molecule has 8 heteroatoms. The van der Waals surface area contributed by atoms with Crippen molar-refractivity contribution in [1.82, 2.24) is 24.3 Å². The van der Waals surface area contributed by atoms with Gasteiger partial charge in [-0.05, 0) is 40.6 Å². The first-order chi connectivity index (χ1) is 21.0. The Morgan fingerprint density at radius 3 is 2.31 bits per heavy atom. The molecule has 0 spiro atoms. The number of benzene rings is 3. The molecule has 3 aromatic carbocycles. The SMILES string of the molecule is CC(C)(C)c1ccc2c(c1)nc1ncc3cnc(-c4[c-]c(Oc5[c-]c(-c6ccccn6)ccc5[Si](C)(C)C)ccc4)cc3n12.[Pt+2]. The van der Waals surface area contributed by atoms with E-state index in [1.165, 1.54) is 10.8 Å². The Hall–Kier alpha value is -4.19. The van der Waals surface area contributed by atoms with E-state index < -0.39 is 8.07 Å². The molecule has 0 N–H and O–H groups in total. The molecule has 0 fully saturated rings. The van der Waals surface area contributed by atoms with Crippen LogP contribution in [0.2, 0.25) is 19.6 Å². The van der Waals surface area contributed by atoms with Crippen molar-refractivity contribution in [2.45, 2.75) is 45.8 Å². The van der Waals surface area contributed by atoms with Crippen molar-refractivity contribution in [2.24, 2.45) is 0 Å². The summed E-state index contributed by atoms with van der Waals surface area (Å²) in [4.78, 5) is 18.8. The van der Waals surface area contributed by atoms with Crippen LogP contribution in [0, 0.1) is 12.1 Å². The minimum absolute atomic E-state index is 0. The molecule has 6 nitrogen and oxygen atoms in total. The average Bonchev–Trinajstić information content (AvgIpc) is 3.39. The Morgan fingerprint density at radius 1 is 0.756 bits per heavy atom. The monoisotopic (exact) mass is 786 g/mol. The molecule has 0 saturated heterocycles. The molecule has 0 unspecified atom stereocenters. The van der Waals surface area contributed by atoms with Crippen LogP contribution in [0.4, 0.5) is 0 Å². The molecule has 0 aliphatic carbocycles. The molecule has 7 rings (SSSR count). The number of ether oxygens (including phenoxy) is 1. The van der Waals surface area contributed by atoms with Crippen molar-refractivity contribution in [2.75, 3.05) is 0 Å². The molecule has 226 valence electrons. The van der Waals surface area contributed by atoms with E-state index in [0.29, 0.717) is 11.5 Å². The van der Waals surface area contributed by atoms with E-state index in [-0.39, 0.29) is 26.5 Å². The zero-order valence-electron chi connectivity index (χ0n) is 26.1. The summed E-state index contributed by atoms with van der Waals surface area (Å²) in [5, 5.41) is 2.13. The number of fused-ring (bicyclic) bond motifs is 5. The van der Waals surface area contributed by atoms with Gasteiger partial charge in [-0.2, -0.15) is 0 Å². The third-order valence-corrected chi connectivity index (χ3v) is 9.90. The van der Waals surface area contributed by atoms with Crippen molar-refractivity contribution in [3.63, 3.8) is 0 Å². The molecule has 0 aliphatic rings. The third-order valence-electron chi connectivity index (χ3n) is 7.89. The number of imidazole rings is 1. The first-order valence-corrected chi connectivity index (χ1v) is 18.3. The summed E-state index contributed by atoms with van der Waals surface area (Å²) in [5.41, 5.74) is 7.60. The van der Waals surface area contributed by atoms with Crippen LogP contribution in [0.5, 0.6) is 11.5 Å². The number of hydrogen-bond donors (Lipinski definition) is 0. The number of rotatable bonds is 5. The van der Waals surface area contributed by atoms with E-state index in [1.54, 1.807) is 6.20 Å². The summed E-state index contributed by atoms with van der Waals surface area (Å²) in [6, 6.07) is 31.6.